The SMILES string of the molecule is CCC(C)(C)NC(=O)C[NH+]1CCN(S(=O)(=O)c2ccc(C(C)=O)cc2)CC1. The molecule has 0 aromatic heterocycles. The fraction of sp³-hybridized carbons (Fsp3) is 0.579. The number of carbonyl (C=O) groups excluding carboxylic acids is 2. The third-order valence-electron chi connectivity index (χ3n) is 5.10. The van der Waals surface area contributed by atoms with Gasteiger partial charge in [-0.25, -0.2) is 8.42 Å². The Kier molecular flexibility index (Phi) is 6.77. The van der Waals surface area contributed by atoms with Crippen molar-refractivity contribution in [3.05, 3.63) is 29.8 Å². The van der Waals surface area contributed by atoms with Crippen LogP contribution in [0.2, 0.25) is 0 Å². The highest BCUT2D eigenvalue weighted by atomic mass is 32.2. The number of hydrogen-bond donors (Lipinski definition) is 2. The van der Waals surface area contributed by atoms with Crippen molar-refractivity contribution in [1.82, 2.24) is 9.62 Å². The minimum atomic E-state index is -3.58. The lowest BCUT2D eigenvalue weighted by molar-refractivity contribution is -0.895. The number of amides is 1. The van der Waals surface area contributed by atoms with Gasteiger partial charge in [-0.1, -0.05) is 19.1 Å². The summed E-state index contributed by atoms with van der Waals surface area (Å²) in [6.07, 6.45) is 0.850. The highest BCUT2D eigenvalue weighted by Crippen LogP contribution is 2.16. The lowest BCUT2D eigenvalue weighted by Crippen LogP contribution is -3.16. The molecule has 1 heterocycles. The van der Waals surface area contributed by atoms with Crippen molar-refractivity contribution in [3.63, 3.8) is 0 Å². The largest absolute Gasteiger partial charge is 0.346 e. The first kappa shape index (κ1) is 21.5. The molecule has 0 saturated carbocycles. The third-order valence-corrected chi connectivity index (χ3v) is 7.01. The quantitative estimate of drug-likeness (QED) is 0.639. The summed E-state index contributed by atoms with van der Waals surface area (Å²) < 4.78 is 27.0. The summed E-state index contributed by atoms with van der Waals surface area (Å²) in [5, 5.41) is 3.02. The Balaban J connectivity index is 1.94. The first-order valence-corrected chi connectivity index (χ1v) is 10.7. The average molecular weight is 397 g/mol. The summed E-state index contributed by atoms with van der Waals surface area (Å²) >= 11 is 0. The first-order valence-electron chi connectivity index (χ1n) is 9.31. The molecular formula is C19H30N3O4S+. The fourth-order valence-corrected chi connectivity index (χ4v) is 4.41. The zero-order chi connectivity index (χ0) is 20.2. The molecule has 0 spiro atoms. The molecule has 0 aliphatic carbocycles. The number of hydrogen-bond acceptors (Lipinski definition) is 4. The maximum atomic E-state index is 12.8. The van der Waals surface area contributed by atoms with E-state index in [0.717, 1.165) is 11.3 Å². The molecule has 8 heteroatoms. The van der Waals surface area contributed by atoms with Crippen molar-refractivity contribution >= 4 is 21.7 Å². The van der Waals surface area contributed by atoms with E-state index in [2.05, 4.69) is 5.32 Å². The van der Waals surface area contributed by atoms with Gasteiger partial charge in [-0.15, -0.1) is 0 Å². The molecular weight excluding hydrogens is 366 g/mol. The number of nitrogens with one attached hydrogen (secondary N) is 2. The van der Waals surface area contributed by atoms with E-state index < -0.39 is 10.0 Å². The van der Waals surface area contributed by atoms with Crippen molar-refractivity contribution in [2.24, 2.45) is 0 Å². The van der Waals surface area contributed by atoms with Crippen molar-refractivity contribution in [2.75, 3.05) is 32.7 Å². The van der Waals surface area contributed by atoms with Gasteiger partial charge in [0.2, 0.25) is 10.0 Å². The van der Waals surface area contributed by atoms with Gasteiger partial charge in [-0.05, 0) is 39.3 Å². The van der Waals surface area contributed by atoms with Crippen molar-refractivity contribution < 1.29 is 22.9 Å². The van der Waals surface area contributed by atoms with E-state index in [1.54, 1.807) is 0 Å². The summed E-state index contributed by atoms with van der Waals surface area (Å²) in [5.41, 5.74) is 0.262. The minimum Gasteiger partial charge on any atom is -0.346 e. The highest BCUT2D eigenvalue weighted by Gasteiger charge is 2.31. The summed E-state index contributed by atoms with van der Waals surface area (Å²) in [5.74, 6) is -0.103. The van der Waals surface area contributed by atoms with Crippen LogP contribution in [-0.4, -0.2) is 62.7 Å². The smallest absolute Gasteiger partial charge is 0.275 e. The van der Waals surface area contributed by atoms with Gasteiger partial charge in [0.15, 0.2) is 12.3 Å². The van der Waals surface area contributed by atoms with Gasteiger partial charge in [0, 0.05) is 11.1 Å². The normalized spacial score (nSPS) is 16.9. The molecule has 1 aliphatic heterocycles. The molecule has 0 atom stereocenters. The fourth-order valence-electron chi connectivity index (χ4n) is 2.97. The molecule has 1 aromatic rings. The number of carbonyl (C=O) groups is 2. The number of piperazine rings is 1. The molecule has 2 N–H and O–H groups in total. The van der Waals surface area contributed by atoms with E-state index >= 15 is 0 Å². The summed E-state index contributed by atoms with van der Waals surface area (Å²) in [4.78, 5) is 24.8. The molecule has 0 radical (unpaired) electrons. The van der Waals surface area contributed by atoms with Crippen molar-refractivity contribution in [2.45, 2.75) is 44.6 Å². The number of ketones is 1. The van der Waals surface area contributed by atoms with Gasteiger partial charge >= 0.3 is 0 Å². The van der Waals surface area contributed by atoms with Crippen LogP contribution in [-0.2, 0) is 14.8 Å². The Hall–Kier alpha value is -1.77. The summed E-state index contributed by atoms with van der Waals surface area (Å²) in [7, 11) is -3.58. The molecule has 1 saturated heterocycles. The Labute approximate surface area is 161 Å². The van der Waals surface area contributed by atoms with E-state index in [1.165, 1.54) is 35.5 Å². The van der Waals surface area contributed by atoms with Crippen LogP contribution in [0.15, 0.2) is 29.2 Å². The molecule has 1 amide bonds. The van der Waals surface area contributed by atoms with E-state index in [9.17, 15) is 18.0 Å². The monoisotopic (exact) mass is 396 g/mol. The predicted molar refractivity (Wildman–Crippen MR) is 103 cm³/mol. The maximum Gasteiger partial charge on any atom is 0.275 e. The molecule has 1 aliphatic rings. The van der Waals surface area contributed by atoms with Gasteiger partial charge in [0.05, 0.1) is 31.1 Å². The van der Waals surface area contributed by atoms with Gasteiger partial charge < -0.3 is 10.2 Å². The number of Topliss-reactive ketones (excluding diaryl/α,β-unsaturated/α-hetero) is 1. The number of benzene rings is 1. The van der Waals surface area contributed by atoms with Crippen LogP contribution >= 0.6 is 0 Å². The molecule has 27 heavy (non-hydrogen) atoms. The Morgan fingerprint density at radius 1 is 1.15 bits per heavy atom. The zero-order valence-corrected chi connectivity index (χ0v) is 17.4. The van der Waals surface area contributed by atoms with Crippen molar-refractivity contribution in [1.29, 1.82) is 0 Å². The zero-order valence-electron chi connectivity index (χ0n) is 16.5. The molecule has 7 nitrogen and oxygen atoms in total. The minimum absolute atomic E-state index is 0.00650. The topological polar surface area (TPSA) is 88.0 Å². The second-order valence-corrected chi connectivity index (χ2v) is 9.63. The molecule has 1 aromatic carbocycles. The lowest BCUT2D eigenvalue weighted by atomic mass is 10.0. The van der Waals surface area contributed by atoms with Crippen molar-refractivity contribution in [3.8, 4) is 0 Å². The second-order valence-electron chi connectivity index (χ2n) is 7.70. The molecule has 2 rings (SSSR count). The van der Waals surface area contributed by atoms with Gasteiger partial charge in [-0.3, -0.25) is 9.59 Å². The van der Waals surface area contributed by atoms with Crippen LogP contribution in [0.4, 0.5) is 0 Å². The van der Waals surface area contributed by atoms with Crippen LogP contribution in [0.5, 0.6) is 0 Å². The van der Waals surface area contributed by atoms with E-state index in [-0.39, 0.29) is 22.1 Å². The highest BCUT2D eigenvalue weighted by molar-refractivity contribution is 7.89. The van der Waals surface area contributed by atoms with Crippen LogP contribution < -0.4 is 10.2 Å². The lowest BCUT2D eigenvalue weighted by Gasteiger charge is -2.32. The first-order chi connectivity index (χ1) is 12.5. The molecule has 1 fully saturated rings. The summed E-state index contributed by atoms with van der Waals surface area (Å²) in [6, 6.07) is 6.03. The number of sulfonamides is 1. The second kappa shape index (κ2) is 8.50. The van der Waals surface area contributed by atoms with Gasteiger partial charge in [-0.2, -0.15) is 4.31 Å². The van der Waals surface area contributed by atoms with E-state index in [1.807, 2.05) is 20.8 Å². The van der Waals surface area contributed by atoms with E-state index in [0.29, 0.717) is 38.3 Å². The Morgan fingerprint density at radius 2 is 1.70 bits per heavy atom. The van der Waals surface area contributed by atoms with Crippen LogP contribution in [0, 0.1) is 0 Å². The standard InChI is InChI=1S/C19H29N3O4S/c1-5-19(3,4)20-18(24)14-21-10-12-22(13-11-21)27(25,26)17-8-6-16(7-9-17)15(2)23/h6-9H,5,10-14H2,1-4H3,(H,20,24)/p+1. The number of quaternary nitrogens is 1. The average Bonchev–Trinajstić information content (AvgIpc) is 2.61. The Bertz CT molecular complexity index is 780. The van der Waals surface area contributed by atoms with Crippen LogP contribution in [0.25, 0.3) is 0 Å². The van der Waals surface area contributed by atoms with Gasteiger partial charge in [0.1, 0.15) is 0 Å². The predicted octanol–water partition coefficient (Wildman–Crippen LogP) is 0.0832. The van der Waals surface area contributed by atoms with E-state index in [4.69, 9.17) is 0 Å². The molecule has 150 valence electrons. The maximum absolute atomic E-state index is 12.8. The van der Waals surface area contributed by atoms with Crippen LogP contribution in [0.3, 0.4) is 0 Å². The Morgan fingerprint density at radius 3 is 2.19 bits per heavy atom. The van der Waals surface area contributed by atoms with Gasteiger partial charge in [0.25, 0.3) is 5.91 Å². The molecule has 0 bridgehead atoms. The summed E-state index contributed by atoms with van der Waals surface area (Å²) in [6.45, 7) is 9.72. The molecule has 0 unspecified atom stereocenters. The number of rotatable bonds is 7. The van der Waals surface area contributed by atoms with Crippen LogP contribution in [0.1, 0.15) is 44.5 Å². The third kappa shape index (κ3) is 5.60. The number of nitrogens with zero attached hydrogens (tertiary/aromatic N) is 1.